The smallest absolute Gasteiger partial charge is 0.305 e. The molecule has 0 aliphatic heterocycles. The number of esters is 1. The number of carbonyl (C=O) groups excluding carboxylic acids is 1. The van der Waals surface area contributed by atoms with Crippen molar-refractivity contribution in [2.24, 2.45) is 5.92 Å². The van der Waals surface area contributed by atoms with Crippen LogP contribution in [-0.4, -0.2) is 13.1 Å². The Morgan fingerprint density at radius 2 is 1.94 bits per heavy atom. The summed E-state index contributed by atoms with van der Waals surface area (Å²) in [6, 6.07) is 2.36. The summed E-state index contributed by atoms with van der Waals surface area (Å²) in [5.41, 5.74) is 0. The molecule has 0 aromatic carbocycles. The molecule has 3 nitrogen and oxygen atoms in total. The molecule has 16 heavy (non-hydrogen) atoms. The van der Waals surface area contributed by atoms with E-state index >= 15 is 0 Å². The van der Waals surface area contributed by atoms with E-state index < -0.39 is 0 Å². The Labute approximate surface area is 98.8 Å². The molecule has 0 aromatic heterocycles. The molecular weight excluding hydrogens is 202 g/mol. The molecule has 0 saturated carbocycles. The van der Waals surface area contributed by atoms with Crippen LogP contribution in [0.3, 0.4) is 0 Å². The quantitative estimate of drug-likeness (QED) is 0.446. The standard InChI is InChI=1S/C13H23NO2/c1-3-4-8-12(11-14)9-6-5-7-10-13(15)16-2/h12H,3-10H2,1-2H3. The van der Waals surface area contributed by atoms with Crippen LogP contribution >= 0.6 is 0 Å². The summed E-state index contributed by atoms with van der Waals surface area (Å²) in [5.74, 6) is 0.0703. The van der Waals surface area contributed by atoms with Crippen LogP contribution in [0.15, 0.2) is 0 Å². The Bertz CT molecular complexity index is 220. The first kappa shape index (κ1) is 15.0. The topological polar surface area (TPSA) is 50.1 Å². The van der Waals surface area contributed by atoms with Crippen molar-refractivity contribution < 1.29 is 9.53 Å². The van der Waals surface area contributed by atoms with Gasteiger partial charge in [-0.1, -0.05) is 32.6 Å². The van der Waals surface area contributed by atoms with Gasteiger partial charge in [0.05, 0.1) is 13.2 Å². The van der Waals surface area contributed by atoms with Crippen molar-refractivity contribution in [1.29, 1.82) is 5.26 Å². The van der Waals surface area contributed by atoms with Gasteiger partial charge >= 0.3 is 5.97 Å². The molecule has 0 amide bonds. The van der Waals surface area contributed by atoms with Crippen LogP contribution in [-0.2, 0) is 9.53 Å². The van der Waals surface area contributed by atoms with E-state index in [0.717, 1.165) is 44.9 Å². The fourth-order valence-corrected chi connectivity index (χ4v) is 1.66. The fraction of sp³-hybridized carbons (Fsp3) is 0.846. The van der Waals surface area contributed by atoms with E-state index in [1.54, 1.807) is 0 Å². The number of hydrogen-bond acceptors (Lipinski definition) is 3. The summed E-state index contributed by atoms with van der Waals surface area (Å²) >= 11 is 0. The maximum absolute atomic E-state index is 10.8. The van der Waals surface area contributed by atoms with Gasteiger partial charge in [-0.25, -0.2) is 0 Å². The molecule has 0 rings (SSSR count). The predicted octanol–water partition coefficient (Wildman–Crippen LogP) is 3.44. The van der Waals surface area contributed by atoms with Crippen LogP contribution in [0.4, 0.5) is 0 Å². The van der Waals surface area contributed by atoms with Gasteiger partial charge in [0.25, 0.3) is 0 Å². The number of methoxy groups -OCH3 is 1. The molecule has 0 heterocycles. The molecule has 0 aliphatic rings. The number of nitrogens with zero attached hydrogens (tertiary/aromatic N) is 1. The second-order valence-electron chi connectivity index (χ2n) is 4.14. The number of ether oxygens (including phenoxy) is 1. The van der Waals surface area contributed by atoms with E-state index in [4.69, 9.17) is 5.26 Å². The molecule has 0 spiro atoms. The Balaban J connectivity index is 3.41. The maximum atomic E-state index is 10.8. The summed E-state index contributed by atoms with van der Waals surface area (Å²) in [4.78, 5) is 10.8. The number of carbonyl (C=O) groups is 1. The summed E-state index contributed by atoms with van der Waals surface area (Å²) in [6.07, 6.45) is 7.71. The molecule has 0 aromatic rings. The highest BCUT2D eigenvalue weighted by molar-refractivity contribution is 5.68. The second kappa shape index (κ2) is 10.5. The lowest BCUT2D eigenvalue weighted by atomic mass is 9.97. The van der Waals surface area contributed by atoms with Crippen LogP contribution in [0.5, 0.6) is 0 Å². The highest BCUT2D eigenvalue weighted by Crippen LogP contribution is 2.16. The molecule has 3 heteroatoms. The summed E-state index contributed by atoms with van der Waals surface area (Å²) in [5, 5.41) is 8.91. The van der Waals surface area contributed by atoms with Gasteiger partial charge in [0.15, 0.2) is 0 Å². The van der Waals surface area contributed by atoms with Gasteiger partial charge in [-0.2, -0.15) is 5.26 Å². The molecule has 0 N–H and O–H groups in total. The van der Waals surface area contributed by atoms with Gasteiger partial charge in [-0.15, -0.1) is 0 Å². The predicted molar refractivity (Wildman–Crippen MR) is 63.7 cm³/mol. The lowest BCUT2D eigenvalue weighted by molar-refractivity contribution is -0.140. The Hall–Kier alpha value is -1.04. The summed E-state index contributed by atoms with van der Waals surface area (Å²) in [6.45, 7) is 2.14. The molecule has 0 bridgehead atoms. The third-order valence-corrected chi connectivity index (χ3v) is 2.75. The van der Waals surface area contributed by atoms with Crippen molar-refractivity contribution >= 4 is 5.97 Å². The highest BCUT2D eigenvalue weighted by Gasteiger charge is 2.06. The molecule has 0 fully saturated rings. The van der Waals surface area contributed by atoms with E-state index in [1.807, 2.05) is 0 Å². The van der Waals surface area contributed by atoms with E-state index in [1.165, 1.54) is 7.11 Å². The van der Waals surface area contributed by atoms with E-state index in [2.05, 4.69) is 17.7 Å². The second-order valence-corrected chi connectivity index (χ2v) is 4.14. The molecule has 1 atom stereocenters. The minimum atomic E-state index is -0.136. The lowest BCUT2D eigenvalue weighted by Crippen LogP contribution is -2.00. The van der Waals surface area contributed by atoms with Gasteiger partial charge in [-0.05, 0) is 19.3 Å². The Morgan fingerprint density at radius 3 is 2.50 bits per heavy atom. The van der Waals surface area contributed by atoms with Crippen LogP contribution in [0.2, 0.25) is 0 Å². The minimum absolute atomic E-state index is 0.136. The van der Waals surface area contributed by atoms with Crippen LogP contribution in [0.25, 0.3) is 0 Å². The fourth-order valence-electron chi connectivity index (χ4n) is 1.66. The largest absolute Gasteiger partial charge is 0.469 e. The summed E-state index contributed by atoms with van der Waals surface area (Å²) in [7, 11) is 1.42. The Morgan fingerprint density at radius 1 is 1.25 bits per heavy atom. The van der Waals surface area contributed by atoms with Crippen molar-refractivity contribution in [3.05, 3.63) is 0 Å². The monoisotopic (exact) mass is 225 g/mol. The van der Waals surface area contributed by atoms with Crippen molar-refractivity contribution in [2.45, 2.75) is 58.3 Å². The van der Waals surface area contributed by atoms with Crippen molar-refractivity contribution in [1.82, 2.24) is 0 Å². The molecule has 92 valence electrons. The first-order valence-corrected chi connectivity index (χ1v) is 6.21. The SMILES string of the molecule is CCCCC(C#N)CCCCCC(=O)OC. The van der Waals surface area contributed by atoms with Crippen LogP contribution < -0.4 is 0 Å². The maximum Gasteiger partial charge on any atom is 0.305 e. The molecule has 1 unspecified atom stereocenters. The van der Waals surface area contributed by atoms with E-state index in [0.29, 0.717) is 6.42 Å². The van der Waals surface area contributed by atoms with Gasteiger partial charge < -0.3 is 4.74 Å². The minimum Gasteiger partial charge on any atom is -0.469 e. The van der Waals surface area contributed by atoms with Gasteiger partial charge in [0, 0.05) is 12.3 Å². The zero-order valence-corrected chi connectivity index (χ0v) is 10.5. The number of nitriles is 1. The van der Waals surface area contributed by atoms with Crippen LogP contribution in [0, 0.1) is 17.2 Å². The van der Waals surface area contributed by atoms with Gasteiger partial charge in [-0.3, -0.25) is 4.79 Å². The summed E-state index contributed by atoms with van der Waals surface area (Å²) < 4.78 is 4.56. The third kappa shape index (κ3) is 8.28. The molecule has 0 saturated heterocycles. The van der Waals surface area contributed by atoms with Crippen LogP contribution in [0.1, 0.15) is 58.3 Å². The zero-order chi connectivity index (χ0) is 12.2. The normalized spacial score (nSPS) is 11.8. The highest BCUT2D eigenvalue weighted by atomic mass is 16.5. The Kier molecular flexibility index (Phi) is 9.80. The van der Waals surface area contributed by atoms with E-state index in [9.17, 15) is 4.79 Å². The number of unbranched alkanes of at least 4 members (excludes halogenated alkanes) is 3. The lowest BCUT2D eigenvalue weighted by Gasteiger charge is -2.07. The van der Waals surface area contributed by atoms with Crippen molar-refractivity contribution in [3.63, 3.8) is 0 Å². The first-order valence-electron chi connectivity index (χ1n) is 6.21. The first-order chi connectivity index (χ1) is 7.74. The van der Waals surface area contributed by atoms with Crippen molar-refractivity contribution in [3.8, 4) is 6.07 Å². The number of hydrogen-bond donors (Lipinski definition) is 0. The molecule has 0 radical (unpaired) electrons. The van der Waals surface area contributed by atoms with Crippen molar-refractivity contribution in [2.75, 3.05) is 7.11 Å². The van der Waals surface area contributed by atoms with Gasteiger partial charge in [0.2, 0.25) is 0 Å². The zero-order valence-electron chi connectivity index (χ0n) is 10.5. The molecular formula is C13H23NO2. The molecule has 0 aliphatic carbocycles. The average Bonchev–Trinajstić information content (AvgIpc) is 2.32. The average molecular weight is 225 g/mol. The van der Waals surface area contributed by atoms with Gasteiger partial charge in [0.1, 0.15) is 0 Å². The third-order valence-electron chi connectivity index (χ3n) is 2.75. The number of rotatable bonds is 9. The van der Waals surface area contributed by atoms with E-state index in [-0.39, 0.29) is 11.9 Å².